The fourth-order valence-corrected chi connectivity index (χ4v) is 1.78. The number of hydrogen-bond acceptors (Lipinski definition) is 3. The lowest BCUT2D eigenvalue weighted by molar-refractivity contribution is 0.0244. The van der Waals surface area contributed by atoms with Crippen molar-refractivity contribution in [3.8, 4) is 0 Å². The molecule has 0 saturated carbocycles. The third-order valence-corrected chi connectivity index (χ3v) is 2.81. The minimum Gasteiger partial charge on any atom is -0.390 e. The predicted octanol–water partition coefficient (Wildman–Crippen LogP) is 2.81. The van der Waals surface area contributed by atoms with Crippen LogP contribution in [0.15, 0.2) is 27.8 Å². The average Bonchev–Trinajstić information content (AvgIpc) is 2.28. The molecule has 0 radical (unpaired) electrons. The quantitative estimate of drug-likeness (QED) is 0.509. The van der Waals surface area contributed by atoms with E-state index >= 15 is 0 Å². The summed E-state index contributed by atoms with van der Waals surface area (Å²) in [5, 5.41) is 22.8. The highest BCUT2D eigenvalue weighted by molar-refractivity contribution is 9.10. The number of benzene rings is 1. The maximum atomic E-state index is 9.78. The Kier molecular flexibility index (Phi) is 5.05. The van der Waals surface area contributed by atoms with Crippen molar-refractivity contribution in [2.45, 2.75) is 12.2 Å². The molecule has 7 heteroatoms. The van der Waals surface area contributed by atoms with Gasteiger partial charge >= 0.3 is 0 Å². The first-order valence-electron chi connectivity index (χ1n) is 4.38. The third kappa shape index (κ3) is 3.37. The van der Waals surface area contributed by atoms with Gasteiger partial charge in [-0.2, -0.15) is 0 Å². The van der Waals surface area contributed by atoms with E-state index in [0.717, 1.165) is 4.47 Å². The highest BCUT2D eigenvalue weighted by Gasteiger charge is 2.20. The highest BCUT2D eigenvalue weighted by Crippen LogP contribution is 2.28. The SMILES string of the molecule is [N-]=[N+]=NCC(O)C(O)c1cc(Br)ccc1Cl. The van der Waals surface area contributed by atoms with Crippen LogP contribution in [-0.2, 0) is 0 Å². The second-order valence-electron chi connectivity index (χ2n) is 3.09. The van der Waals surface area contributed by atoms with Crippen LogP contribution in [0.3, 0.4) is 0 Å². The van der Waals surface area contributed by atoms with Crippen molar-refractivity contribution in [1.82, 2.24) is 0 Å². The zero-order valence-corrected chi connectivity index (χ0v) is 10.4. The Bertz CT molecular complexity index is 423. The summed E-state index contributed by atoms with van der Waals surface area (Å²) in [6, 6.07) is 4.93. The Morgan fingerprint density at radius 3 is 2.81 bits per heavy atom. The van der Waals surface area contributed by atoms with E-state index in [2.05, 4.69) is 26.0 Å². The van der Waals surface area contributed by atoms with E-state index in [0.29, 0.717) is 10.6 Å². The number of aliphatic hydroxyl groups excluding tert-OH is 2. The summed E-state index contributed by atoms with van der Waals surface area (Å²) >= 11 is 9.11. The van der Waals surface area contributed by atoms with Gasteiger partial charge in [0, 0.05) is 20.0 Å². The summed E-state index contributed by atoms with van der Waals surface area (Å²) < 4.78 is 0.738. The van der Waals surface area contributed by atoms with Gasteiger partial charge in [-0.3, -0.25) is 0 Å². The van der Waals surface area contributed by atoms with Gasteiger partial charge in [0.15, 0.2) is 0 Å². The lowest BCUT2D eigenvalue weighted by atomic mass is 10.0. The third-order valence-electron chi connectivity index (χ3n) is 1.97. The molecular weight excluding hydrogens is 297 g/mol. The van der Waals surface area contributed by atoms with Crippen molar-refractivity contribution in [2.75, 3.05) is 6.54 Å². The first kappa shape index (κ1) is 13.3. The molecule has 5 nitrogen and oxygen atoms in total. The molecule has 2 atom stereocenters. The average molecular weight is 307 g/mol. The van der Waals surface area contributed by atoms with Crippen LogP contribution in [-0.4, -0.2) is 22.9 Å². The monoisotopic (exact) mass is 305 g/mol. The standard InChI is InChI=1S/C9H9BrClN3O2/c10-5-1-2-7(11)6(3-5)9(16)8(15)4-13-14-12/h1-3,8-9,15-16H,4H2. The van der Waals surface area contributed by atoms with Crippen LogP contribution in [0.4, 0.5) is 0 Å². The van der Waals surface area contributed by atoms with Crippen LogP contribution in [0, 0.1) is 0 Å². The summed E-state index contributed by atoms with van der Waals surface area (Å²) in [5.41, 5.74) is 8.48. The molecule has 0 aliphatic carbocycles. The van der Waals surface area contributed by atoms with Crippen LogP contribution in [0.5, 0.6) is 0 Å². The predicted molar refractivity (Wildman–Crippen MR) is 64.1 cm³/mol. The van der Waals surface area contributed by atoms with Crippen molar-refractivity contribution in [2.24, 2.45) is 5.11 Å². The van der Waals surface area contributed by atoms with E-state index in [9.17, 15) is 10.2 Å². The fraction of sp³-hybridized carbons (Fsp3) is 0.333. The van der Waals surface area contributed by atoms with Gasteiger partial charge in [-0.15, -0.1) is 0 Å². The minimum absolute atomic E-state index is 0.208. The van der Waals surface area contributed by atoms with E-state index < -0.39 is 12.2 Å². The molecule has 1 aromatic carbocycles. The number of rotatable bonds is 4. The second-order valence-corrected chi connectivity index (χ2v) is 4.41. The number of aliphatic hydroxyl groups is 2. The maximum Gasteiger partial charge on any atom is 0.106 e. The first-order valence-corrected chi connectivity index (χ1v) is 5.55. The Morgan fingerprint density at radius 1 is 1.50 bits per heavy atom. The van der Waals surface area contributed by atoms with Gasteiger partial charge in [0.25, 0.3) is 0 Å². The van der Waals surface area contributed by atoms with Gasteiger partial charge in [0.1, 0.15) is 6.10 Å². The van der Waals surface area contributed by atoms with E-state index in [1.54, 1.807) is 18.2 Å². The molecule has 2 unspecified atom stereocenters. The molecular formula is C9H9BrClN3O2. The van der Waals surface area contributed by atoms with Crippen LogP contribution in [0.25, 0.3) is 10.4 Å². The van der Waals surface area contributed by atoms with Gasteiger partial charge in [-0.25, -0.2) is 0 Å². The van der Waals surface area contributed by atoms with Gasteiger partial charge in [-0.05, 0) is 23.7 Å². The van der Waals surface area contributed by atoms with Gasteiger partial charge < -0.3 is 10.2 Å². The van der Waals surface area contributed by atoms with Crippen molar-refractivity contribution in [3.05, 3.63) is 43.7 Å². The first-order chi connectivity index (χ1) is 7.56. The van der Waals surface area contributed by atoms with Crippen LogP contribution in [0.1, 0.15) is 11.7 Å². The summed E-state index contributed by atoms with van der Waals surface area (Å²) in [5.74, 6) is 0. The smallest absolute Gasteiger partial charge is 0.106 e. The Balaban J connectivity index is 2.90. The lowest BCUT2D eigenvalue weighted by Crippen LogP contribution is -2.21. The van der Waals surface area contributed by atoms with E-state index in [4.69, 9.17) is 17.1 Å². The van der Waals surface area contributed by atoms with Gasteiger partial charge in [0.2, 0.25) is 0 Å². The van der Waals surface area contributed by atoms with Crippen LogP contribution < -0.4 is 0 Å². The molecule has 0 aromatic heterocycles. The maximum absolute atomic E-state index is 9.78. The van der Waals surface area contributed by atoms with Crippen molar-refractivity contribution in [3.63, 3.8) is 0 Å². The molecule has 0 amide bonds. The lowest BCUT2D eigenvalue weighted by Gasteiger charge is -2.17. The molecule has 16 heavy (non-hydrogen) atoms. The molecule has 0 saturated heterocycles. The largest absolute Gasteiger partial charge is 0.390 e. The summed E-state index contributed by atoms with van der Waals surface area (Å²) in [4.78, 5) is 2.50. The Labute approximate surface area is 105 Å². The summed E-state index contributed by atoms with van der Waals surface area (Å²) in [7, 11) is 0. The Morgan fingerprint density at radius 2 is 2.19 bits per heavy atom. The molecule has 0 aliphatic heterocycles. The van der Waals surface area contributed by atoms with Gasteiger partial charge in [-0.1, -0.05) is 32.6 Å². The zero-order chi connectivity index (χ0) is 12.1. The van der Waals surface area contributed by atoms with Crippen LogP contribution >= 0.6 is 27.5 Å². The fourth-order valence-electron chi connectivity index (χ4n) is 1.17. The molecule has 2 N–H and O–H groups in total. The summed E-state index contributed by atoms with van der Waals surface area (Å²) in [6.45, 7) is -0.208. The van der Waals surface area contributed by atoms with E-state index in [-0.39, 0.29) is 6.54 Å². The van der Waals surface area contributed by atoms with Crippen molar-refractivity contribution in [1.29, 1.82) is 0 Å². The molecule has 1 rings (SSSR count). The second kappa shape index (κ2) is 6.08. The molecule has 0 fully saturated rings. The number of azide groups is 1. The minimum atomic E-state index is -1.18. The normalized spacial score (nSPS) is 14.0. The molecule has 86 valence electrons. The molecule has 0 aliphatic rings. The molecule has 1 aromatic rings. The van der Waals surface area contributed by atoms with Crippen LogP contribution in [0.2, 0.25) is 5.02 Å². The number of hydrogen-bond donors (Lipinski definition) is 2. The molecule has 0 bridgehead atoms. The number of nitrogens with zero attached hydrogens (tertiary/aromatic N) is 3. The highest BCUT2D eigenvalue weighted by atomic mass is 79.9. The van der Waals surface area contributed by atoms with Crippen molar-refractivity contribution < 1.29 is 10.2 Å². The zero-order valence-electron chi connectivity index (χ0n) is 8.09. The molecule has 0 heterocycles. The van der Waals surface area contributed by atoms with Crippen molar-refractivity contribution >= 4 is 27.5 Å². The summed E-state index contributed by atoms with van der Waals surface area (Å²) in [6.07, 6.45) is -2.36. The molecule has 0 spiro atoms. The Hall–Kier alpha value is -0.780. The van der Waals surface area contributed by atoms with E-state index in [1.165, 1.54) is 0 Å². The topological polar surface area (TPSA) is 89.2 Å². The van der Waals surface area contributed by atoms with Gasteiger partial charge in [0.05, 0.1) is 12.6 Å². The van der Waals surface area contributed by atoms with E-state index in [1.807, 2.05) is 0 Å². The number of halogens is 2.